The van der Waals surface area contributed by atoms with Crippen molar-refractivity contribution >= 4 is 21.8 Å². The van der Waals surface area contributed by atoms with Gasteiger partial charge in [0.05, 0.1) is 12.6 Å². The molecule has 0 aliphatic heterocycles. The van der Waals surface area contributed by atoms with Gasteiger partial charge < -0.3 is 10.4 Å². The van der Waals surface area contributed by atoms with Crippen LogP contribution in [0, 0.1) is 0 Å². The first-order valence-corrected chi connectivity index (χ1v) is 7.19. The molecular formula is C16H16BrNO2. The van der Waals surface area contributed by atoms with E-state index in [-0.39, 0.29) is 18.6 Å². The first-order valence-electron chi connectivity index (χ1n) is 6.40. The summed E-state index contributed by atoms with van der Waals surface area (Å²) in [6.07, 6.45) is 0.608. The second-order valence-corrected chi connectivity index (χ2v) is 5.47. The lowest BCUT2D eigenvalue weighted by molar-refractivity contribution is 0.0916. The molecule has 0 fully saturated rings. The quantitative estimate of drug-likeness (QED) is 0.883. The summed E-state index contributed by atoms with van der Waals surface area (Å²) in [6, 6.07) is 16.7. The van der Waals surface area contributed by atoms with Crippen molar-refractivity contribution in [3.63, 3.8) is 0 Å². The van der Waals surface area contributed by atoms with E-state index < -0.39 is 0 Å². The third-order valence-electron chi connectivity index (χ3n) is 2.97. The molecule has 0 radical (unpaired) electrons. The molecule has 1 atom stereocenters. The lowest BCUT2D eigenvalue weighted by Crippen LogP contribution is -2.39. The number of rotatable bonds is 5. The van der Waals surface area contributed by atoms with Gasteiger partial charge in [-0.25, -0.2) is 0 Å². The third kappa shape index (κ3) is 4.18. The fourth-order valence-electron chi connectivity index (χ4n) is 1.96. The smallest absolute Gasteiger partial charge is 0.251 e. The number of aliphatic hydroxyl groups is 1. The van der Waals surface area contributed by atoms with E-state index in [1.54, 1.807) is 12.1 Å². The van der Waals surface area contributed by atoms with Crippen LogP contribution in [0.4, 0.5) is 0 Å². The first kappa shape index (κ1) is 14.8. The normalized spacial score (nSPS) is 11.9. The Morgan fingerprint density at radius 2 is 1.90 bits per heavy atom. The molecule has 2 N–H and O–H groups in total. The Morgan fingerprint density at radius 1 is 1.15 bits per heavy atom. The minimum atomic E-state index is -0.288. The van der Waals surface area contributed by atoms with Gasteiger partial charge in [0.2, 0.25) is 0 Å². The van der Waals surface area contributed by atoms with Crippen molar-refractivity contribution in [2.24, 2.45) is 0 Å². The number of nitrogens with one attached hydrogen (secondary N) is 1. The van der Waals surface area contributed by atoms with E-state index >= 15 is 0 Å². The van der Waals surface area contributed by atoms with Crippen LogP contribution in [0.2, 0.25) is 0 Å². The number of aliphatic hydroxyl groups excluding tert-OH is 1. The standard InChI is InChI=1S/C16H16BrNO2/c17-14-8-4-7-13(10-14)16(20)18-15(11-19)9-12-5-2-1-3-6-12/h1-8,10,15,19H,9,11H2,(H,18,20)/t15-/m0/s1. The van der Waals surface area contributed by atoms with Gasteiger partial charge in [-0.1, -0.05) is 52.3 Å². The molecule has 0 saturated heterocycles. The first-order chi connectivity index (χ1) is 9.69. The molecule has 0 spiro atoms. The molecule has 20 heavy (non-hydrogen) atoms. The molecule has 2 rings (SSSR count). The fraction of sp³-hybridized carbons (Fsp3) is 0.188. The Kier molecular flexibility index (Phi) is 5.32. The van der Waals surface area contributed by atoms with Gasteiger partial charge in [0.1, 0.15) is 0 Å². The predicted molar refractivity (Wildman–Crippen MR) is 82.6 cm³/mol. The van der Waals surface area contributed by atoms with Gasteiger partial charge in [0.15, 0.2) is 0 Å². The lowest BCUT2D eigenvalue weighted by atomic mass is 10.1. The summed E-state index contributed by atoms with van der Waals surface area (Å²) in [6.45, 7) is -0.0887. The fourth-order valence-corrected chi connectivity index (χ4v) is 2.36. The van der Waals surface area contributed by atoms with Crippen molar-refractivity contribution < 1.29 is 9.90 Å². The molecule has 2 aromatic carbocycles. The molecule has 3 nitrogen and oxygen atoms in total. The van der Waals surface area contributed by atoms with E-state index in [1.807, 2.05) is 42.5 Å². The van der Waals surface area contributed by atoms with Crippen molar-refractivity contribution in [1.29, 1.82) is 0 Å². The van der Waals surface area contributed by atoms with E-state index in [4.69, 9.17) is 0 Å². The van der Waals surface area contributed by atoms with Crippen LogP contribution in [0.1, 0.15) is 15.9 Å². The summed E-state index contributed by atoms with van der Waals surface area (Å²) in [5.41, 5.74) is 1.66. The molecule has 4 heteroatoms. The van der Waals surface area contributed by atoms with E-state index in [1.165, 1.54) is 0 Å². The molecule has 0 aliphatic carbocycles. The van der Waals surface area contributed by atoms with Crippen LogP contribution >= 0.6 is 15.9 Å². The van der Waals surface area contributed by atoms with Crippen molar-refractivity contribution in [3.05, 3.63) is 70.2 Å². The maximum atomic E-state index is 12.1. The zero-order chi connectivity index (χ0) is 14.4. The summed E-state index contributed by atoms with van der Waals surface area (Å²) >= 11 is 3.34. The molecule has 0 aromatic heterocycles. The van der Waals surface area contributed by atoms with Crippen LogP contribution in [-0.2, 0) is 6.42 Å². The zero-order valence-electron chi connectivity index (χ0n) is 10.9. The molecule has 0 unspecified atom stereocenters. The van der Waals surface area contributed by atoms with E-state index in [0.29, 0.717) is 12.0 Å². The van der Waals surface area contributed by atoms with Crippen LogP contribution in [0.15, 0.2) is 59.1 Å². The molecule has 2 aromatic rings. The highest BCUT2D eigenvalue weighted by Gasteiger charge is 2.13. The minimum absolute atomic E-state index is 0.0887. The van der Waals surface area contributed by atoms with Crippen molar-refractivity contribution in [1.82, 2.24) is 5.32 Å². The number of carbonyl (C=O) groups excluding carboxylic acids is 1. The van der Waals surface area contributed by atoms with Crippen molar-refractivity contribution in [2.75, 3.05) is 6.61 Å². The molecule has 0 saturated carbocycles. The number of hydrogen-bond acceptors (Lipinski definition) is 2. The molecule has 0 aliphatic rings. The Labute approximate surface area is 126 Å². The molecular weight excluding hydrogens is 318 g/mol. The second kappa shape index (κ2) is 7.22. The largest absolute Gasteiger partial charge is 0.394 e. The van der Waals surface area contributed by atoms with E-state index in [9.17, 15) is 9.90 Å². The SMILES string of the molecule is O=C(N[C@H](CO)Cc1ccccc1)c1cccc(Br)c1. The Morgan fingerprint density at radius 3 is 2.55 bits per heavy atom. The lowest BCUT2D eigenvalue weighted by Gasteiger charge is -2.16. The Balaban J connectivity index is 2.01. The number of carbonyl (C=O) groups is 1. The van der Waals surface area contributed by atoms with Gasteiger partial charge >= 0.3 is 0 Å². The van der Waals surface area contributed by atoms with Crippen LogP contribution in [0.25, 0.3) is 0 Å². The van der Waals surface area contributed by atoms with E-state index in [2.05, 4.69) is 21.2 Å². The maximum Gasteiger partial charge on any atom is 0.251 e. The third-order valence-corrected chi connectivity index (χ3v) is 3.46. The van der Waals surface area contributed by atoms with E-state index in [0.717, 1.165) is 10.0 Å². The summed E-state index contributed by atoms with van der Waals surface area (Å²) in [4.78, 5) is 12.1. The number of halogens is 1. The van der Waals surface area contributed by atoms with Crippen molar-refractivity contribution in [2.45, 2.75) is 12.5 Å². The van der Waals surface area contributed by atoms with Gasteiger partial charge in [0.25, 0.3) is 5.91 Å². The zero-order valence-corrected chi connectivity index (χ0v) is 12.5. The van der Waals surface area contributed by atoms with Crippen LogP contribution in [0.3, 0.4) is 0 Å². The topological polar surface area (TPSA) is 49.3 Å². The number of hydrogen-bond donors (Lipinski definition) is 2. The average molecular weight is 334 g/mol. The van der Waals surface area contributed by atoms with Gasteiger partial charge in [-0.05, 0) is 30.2 Å². The Bertz CT molecular complexity index is 572. The van der Waals surface area contributed by atoms with Crippen LogP contribution in [-0.4, -0.2) is 23.7 Å². The predicted octanol–water partition coefficient (Wildman–Crippen LogP) is 2.78. The summed E-state index contributed by atoms with van der Waals surface area (Å²) in [5.74, 6) is -0.179. The average Bonchev–Trinajstić information content (AvgIpc) is 2.47. The number of amides is 1. The van der Waals surface area contributed by atoms with Crippen LogP contribution < -0.4 is 5.32 Å². The highest BCUT2D eigenvalue weighted by Crippen LogP contribution is 2.12. The Hall–Kier alpha value is -1.65. The van der Waals surface area contributed by atoms with Gasteiger partial charge in [-0.15, -0.1) is 0 Å². The van der Waals surface area contributed by atoms with Gasteiger partial charge in [-0.2, -0.15) is 0 Å². The van der Waals surface area contributed by atoms with Gasteiger partial charge in [0, 0.05) is 10.0 Å². The summed E-state index contributed by atoms with van der Waals surface area (Å²) < 4.78 is 0.855. The molecule has 0 heterocycles. The second-order valence-electron chi connectivity index (χ2n) is 4.55. The van der Waals surface area contributed by atoms with Crippen LogP contribution in [0.5, 0.6) is 0 Å². The number of benzene rings is 2. The highest BCUT2D eigenvalue weighted by atomic mass is 79.9. The highest BCUT2D eigenvalue weighted by molar-refractivity contribution is 9.10. The monoisotopic (exact) mass is 333 g/mol. The van der Waals surface area contributed by atoms with Gasteiger partial charge in [-0.3, -0.25) is 4.79 Å². The molecule has 1 amide bonds. The van der Waals surface area contributed by atoms with Crippen molar-refractivity contribution in [3.8, 4) is 0 Å². The molecule has 0 bridgehead atoms. The molecule has 104 valence electrons. The summed E-state index contributed by atoms with van der Waals surface area (Å²) in [5, 5.41) is 12.3. The minimum Gasteiger partial charge on any atom is -0.394 e. The summed E-state index contributed by atoms with van der Waals surface area (Å²) in [7, 11) is 0. The maximum absolute atomic E-state index is 12.1.